The number of hydrogen-bond donors (Lipinski definition) is 1. The molecule has 2 heterocycles. The van der Waals surface area contributed by atoms with E-state index in [0.717, 1.165) is 12.8 Å². The van der Waals surface area contributed by atoms with Gasteiger partial charge in [0, 0.05) is 11.4 Å². The summed E-state index contributed by atoms with van der Waals surface area (Å²) in [5.74, 6) is -0.0939. The molecule has 6 nitrogen and oxygen atoms in total. The fraction of sp³-hybridized carbons (Fsp3) is 0.312. The Balaban J connectivity index is 1.56. The number of nitrogen functional groups attached to an aromatic ring is 1. The Labute approximate surface area is 137 Å². The van der Waals surface area contributed by atoms with Crippen LogP contribution in [0.2, 0.25) is 0 Å². The summed E-state index contributed by atoms with van der Waals surface area (Å²) in [7, 11) is 0. The molecule has 23 heavy (non-hydrogen) atoms. The van der Waals surface area contributed by atoms with E-state index in [-0.39, 0.29) is 28.1 Å². The highest BCUT2D eigenvalue weighted by atomic mass is 32.2. The van der Waals surface area contributed by atoms with Crippen molar-refractivity contribution in [1.82, 2.24) is 9.55 Å². The van der Waals surface area contributed by atoms with E-state index in [4.69, 9.17) is 10.5 Å². The number of benzene rings is 1. The molecule has 1 aliphatic rings. The number of esters is 1. The van der Waals surface area contributed by atoms with E-state index in [2.05, 4.69) is 4.98 Å². The van der Waals surface area contributed by atoms with E-state index in [9.17, 15) is 9.59 Å². The number of carbonyl (C=O) groups excluding carboxylic acids is 1. The number of anilines is 1. The number of nitrogens with two attached hydrogens (primary N) is 1. The summed E-state index contributed by atoms with van der Waals surface area (Å²) >= 11 is 1.63. The summed E-state index contributed by atoms with van der Waals surface area (Å²) in [6.45, 7) is 0.339. The lowest BCUT2D eigenvalue weighted by Crippen LogP contribution is -2.25. The van der Waals surface area contributed by atoms with Gasteiger partial charge in [-0.25, -0.2) is 9.59 Å². The topological polar surface area (TPSA) is 87.2 Å². The minimum Gasteiger partial charge on any atom is -0.461 e. The first-order valence-corrected chi connectivity index (χ1v) is 8.30. The molecular weight excluding hydrogens is 314 g/mol. The molecule has 3 rings (SSSR count). The molecule has 1 fully saturated rings. The largest absolute Gasteiger partial charge is 0.461 e. The summed E-state index contributed by atoms with van der Waals surface area (Å²) in [6, 6.07) is 10.5. The van der Waals surface area contributed by atoms with Crippen molar-refractivity contribution in [3.05, 3.63) is 58.6 Å². The predicted molar refractivity (Wildman–Crippen MR) is 89.3 cm³/mol. The summed E-state index contributed by atoms with van der Waals surface area (Å²) in [4.78, 5) is 27.5. The number of carbonyl (C=O) groups is 1. The molecule has 120 valence electrons. The van der Waals surface area contributed by atoms with Crippen LogP contribution in [0, 0.1) is 0 Å². The van der Waals surface area contributed by atoms with E-state index >= 15 is 0 Å². The first-order valence-electron chi connectivity index (χ1n) is 7.36. The van der Waals surface area contributed by atoms with Crippen LogP contribution in [0.1, 0.15) is 28.6 Å². The van der Waals surface area contributed by atoms with Gasteiger partial charge in [0.05, 0.1) is 10.9 Å². The van der Waals surface area contributed by atoms with Crippen LogP contribution in [0.3, 0.4) is 0 Å². The van der Waals surface area contributed by atoms with Crippen LogP contribution < -0.4 is 11.4 Å². The zero-order valence-electron chi connectivity index (χ0n) is 12.4. The molecule has 0 bridgehead atoms. The van der Waals surface area contributed by atoms with Gasteiger partial charge in [-0.05, 0) is 31.0 Å². The third kappa shape index (κ3) is 3.73. The van der Waals surface area contributed by atoms with Crippen molar-refractivity contribution in [2.45, 2.75) is 23.5 Å². The Morgan fingerprint density at radius 3 is 2.83 bits per heavy atom. The van der Waals surface area contributed by atoms with Crippen molar-refractivity contribution in [1.29, 1.82) is 0 Å². The molecule has 1 saturated heterocycles. The molecule has 1 aromatic carbocycles. The molecule has 1 aliphatic heterocycles. The second-order valence-electron chi connectivity index (χ2n) is 5.30. The number of hydrogen-bond acceptors (Lipinski definition) is 6. The van der Waals surface area contributed by atoms with Crippen LogP contribution in [-0.2, 0) is 4.74 Å². The first-order chi connectivity index (χ1) is 11.1. The Morgan fingerprint density at radius 2 is 2.09 bits per heavy atom. The maximum atomic E-state index is 11.9. The SMILES string of the molecule is Nc1ccn(C2CC[C@@H](COC(=O)c3ccccc3)S2)c(=O)n1. The van der Waals surface area contributed by atoms with Crippen LogP contribution in [-0.4, -0.2) is 27.4 Å². The van der Waals surface area contributed by atoms with Gasteiger partial charge in [-0.3, -0.25) is 4.57 Å². The lowest BCUT2D eigenvalue weighted by atomic mass is 10.2. The fourth-order valence-corrected chi connectivity index (χ4v) is 3.91. The van der Waals surface area contributed by atoms with E-state index in [1.54, 1.807) is 52.9 Å². The standard InChI is InChI=1S/C16H17N3O3S/c17-13-8-9-19(16(21)18-13)14-7-6-12(23-14)10-22-15(20)11-4-2-1-3-5-11/h1-5,8-9,12,14H,6-7,10H2,(H2,17,18,21)/t12-,14?/m0/s1. The van der Waals surface area contributed by atoms with Gasteiger partial charge in [0.1, 0.15) is 12.4 Å². The Bertz CT molecular complexity index is 748. The van der Waals surface area contributed by atoms with Crippen LogP contribution in [0.15, 0.2) is 47.4 Å². The highest BCUT2D eigenvalue weighted by Crippen LogP contribution is 2.40. The molecule has 7 heteroatoms. The first kappa shape index (κ1) is 15.6. The molecule has 0 aliphatic carbocycles. The normalized spacial score (nSPS) is 20.3. The minimum atomic E-state index is -0.343. The lowest BCUT2D eigenvalue weighted by molar-refractivity contribution is 0.0506. The van der Waals surface area contributed by atoms with Crippen LogP contribution in [0.4, 0.5) is 5.82 Å². The highest BCUT2D eigenvalue weighted by Gasteiger charge is 2.28. The average molecular weight is 331 g/mol. The molecule has 2 atom stereocenters. The van der Waals surface area contributed by atoms with Crippen LogP contribution in [0.25, 0.3) is 0 Å². The molecule has 1 unspecified atom stereocenters. The number of thioether (sulfide) groups is 1. The smallest absolute Gasteiger partial charge is 0.350 e. The van der Waals surface area contributed by atoms with Gasteiger partial charge in [0.25, 0.3) is 0 Å². The third-order valence-electron chi connectivity index (χ3n) is 3.66. The van der Waals surface area contributed by atoms with Crippen molar-refractivity contribution >= 4 is 23.5 Å². The van der Waals surface area contributed by atoms with Crippen molar-refractivity contribution in [3.8, 4) is 0 Å². The van der Waals surface area contributed by atoms with Crippen LogP contribution >= 0.6 is 11.8 Å². The van der Waals surface area contributed by atoms with Gasteiger partial charge >= 0.3 is 11.7 Å². The zero-order chi connectivity index (χ0) is 16.2. The molecular formula is C16H17N3O3S. The number of ether oxygens (including phenoxy) is 1. The van der Waals surface area contributed by atoms with Crippen molar-refractivity contribution in [2.24, 2.45) is 0 Å². The van der Waals surface area contributed by atoms with E-state index in [1.807, 2.05) is 6.07 Å². The van der Waals surface area contributed by atoms with Gasteiger partial charge in [-0.15, -0.1) is 11.8 Å². The molecule has 2 N–H and O–H groups in total. The Kier molecular flexibility index (Phi) is 4.66. The maximum absolute atomic E-state index is 11.9. The molecule has 2 aromatic rings. The highest BCUT2D eigenvalue weighted by molar-refractivity contribution is 8.00. The second kappa shape index (κ2) is 6.87. The zero-order valence-corrected chi connectivity index (χ0v) is 13.2. The third-order valence-corrected chi connectivity index (χ3v) is 5.19. The van der Waals surface area contributed by atoms with Crippen LogP contribution in [0.5, 0.6) is 0 Å². The Morgan fingerprint density at radius 1 is 1.30 bits per heavy atom. The van der Waals surface area contributed by atoms with E-state index in [0.29, 0.717) is 12.2 Å². The summed E-state index contributed by atoms with van der Waals surface area (Å²) in [5.41, 5.74) is 5.71. The molecule has 0 radical (unpaired) electrons. The summed E-state index contributed by atoms with van der Waals surface area (Å²) < 4.78 is 6.95. The quantitative estimate of drug-likeness (QED) is 0.863. The number of nitrogens with zero attached hydrogens (tertiary/aromatic N) is 2. The monoisotopic (exact) mass is 331 g/mol. The second-order valence-corrected chi connectivity index (χ2v) is 6.78. The average Bonchev–Trinajstić information content (AvgIpc) is 3.02. The van der Waals surface area contributed by atoms with E-state index < -0.39 is 0 Å². The molecule has 1 aromatic heterocycles. The van der Waals surface area contributed by atoms with Gasteiger partial charge in [0.15, 0.2) is 0 Å². The number of aromatic nitrogens is 2. The molecule has 0 saturated carbocycles. The molecule has 0 spiro atoms. The number of rotatable bonds is 4. The van der Waals surface area contributed by atoms with Crippen molar-refractivity contribution in [3.63, 3.8) is 0 Å². The minimum absolute atomic E-state index is 0.0102. The molecule has 0 amide bonds. The van der Waals surface area contributed by atoms with Gasteiger partial charge in [-0.1, -0.05) is 18.2 Å². The van der Waals surface area contributed by atoms with Crippen molar-refractivity contribution < 1.29 is 9.53 Å². The summed E-state index contributed by atoms with van der Waals surface area (Å²) in [5, 5.41) is 0.188. The lowest BCUT2D eigenvalue weighted by Gasteiger charge is -2.14. The van der Waals surface area contributed by atoms with Gasteiger partial charge in [-0.2, -0.15) is 4.98 Å². The predicted octanol–water partition coefficient (Wildman–Crippen LogP) is 2.08. The van der Waals surface area contributed by atoms with Gasteiger partial charge < -0.3 is 10.5 Å². The maximum Gasteiger partial charge on any atom is 0.350 e. The van der Waals surface area contributed by atoms with Crippen molar-refractivity contribution in [2.75, 3.05) is 12.3 Å². The van der Waals surface area contributed by atoms with E-state index in [1.165, 1.54) is 0 Å². The Hall–Kier alpha value is -2.28. The summed E-state index contributed by atoms with van der Waals surface area (Å²) in [6.07, 6.45) is 3.39. The van der Waals surface area contributed by atoms with Gasteiger partial charge in [0.2, 0.25) is 0 Å². The fourth-order valence-electron chi connectivity index (χ4n) is 2.49.